The van der Waals surface area contributed by atoms with E-state index in [0.717, 1.165) is 17.3 Å². The first-order valence-corrected chi connectivity index (χ1v) is 9.86. The molecule has 0 bridgehead atoms. The van der Waals surface area contributed by atoms with Gasteiger partial charge in [-0.15, -0.1) is 4.83 Å². The molecule has 3 rings (SSSR count). The largest absolute Gasteiger partial charge is 0.277 e. The Balaban J connectivity index is 1.82. The Labute approximate surface area is 162 Å². The van der Waals surface area contributed by atoms with Crippen molar-refractivity contribution in [2.75, 3.05) is 0 Å². The van der Waals surface area contributed by atoms with E-state index in [1.165, 1.54) is 12.1 Å². The van der Waals surface area contributed by atoms with Crippen LogP contribution in [0, 0.1) is 0 Å². The quantitative estimate of drug-likeness (QED) is 0.491. The third-order valence-electron chi connectivity index (χ3n) is 3.85. The van der Waals surface area contributed by atoms with Crippen LogP contribution in [-0.2, 0) is 14.8 Å². The molecular formula is C19H16ClN3O3S. The second-order valence-corrected chi connectivity index (χ2v) is 7.74. The monoisotopic (exact) mass is 401 g/mol. The second kappa shape index (κ2) is 8.30. The lowest BCUT2D eigenvalue weighted by atomic mass is 9.91. The van der Waals surface area contributed by atoms with Crippen LogP contribution in [-0.4, -0.2) is 19.3 Å². The molecule has 0 atom stereocenters. The summed E-state index contributed by atoms with van der Waals surface area (Å²) in [7, 11) is -3.97. The summed E-state index contributed by atoms with van der Waals surface area (Å²) in [5, 5.41) is 0.172. The van der Waals surface area contributed by atoms with Gasteiger partial charge in [-0.05, 0) is 23.3 Å². The number of sulfonamides is 1. The number of carbonyl (C=O) groups excluding carboxylic acids is 1. The van der Waals surface area contributed by atoms with Crippen molar-refractivity contribution < 1.29 is 13.2 Å². The average Bonchev–Trinajstić information content (AvgIpc) is 2.69. The van der Waals surface area contributed by atoms with E-state index in [2.05, 4.69) is 15.2 Å². The fourth-order valence-corrected chi connectivity index (χ4v) is 3.46. The zero-order valence-corrected chi connectivity index (χ0v) is 15.6. The maximum atomic E-state index is 12.8. The van der Waals surface area contributed by atoms with Gasteiger partial charge in [0.05, 0.1) is 5.92 Å². The molecule has 1 amide bonds. The van der Waals surface area contributed by atoms with E-state index in [9.17, 15) is 13.2 Å². The normalized spacial score (nSPS) is 11.3. The van der Waals surface area contributed by atoms with Gasteiger partial charge in [0.25, 0.3) is 10.0 Å². The molecule has 0 saturated carbocycles. The number of rotatable bonds is 6. The van der Waals surface area contributed by atoms with Crippen molar-refractivity contribution in [3.8, 4) is 0 Å². The molecule has 2 N–H and O–H groups in total. The second-order valence-electron chi connectivity index (χ2n) is 5.67. The summed E-state index contributed by atoms with van der Waals surface area (Å²) in [5.74, 6) is -1.17. The van der Waals surface area contributed by atoms with Gasteiger partial charge < -0.3 is 0 Å². The molecule has 138 valence electrons. The molecule has 6 nitrogen and oxygen atoms in total. The van der Waals surface area contributed by atoms with E-state index in [0.29, 0.717) is 0 Å². The third kappa shape index (κ3) is 4.71. The lowest BCUT2D eigenvalue weighted by Crippen LogP contribution is -2.44. The lowest BCUT2D eigenvalue weighted by molar-refractivity contribution is -0.122. The van der Waals surface area contributed by atoms with Crippen molar-refractivity contribution in [2.24, 2.45) is 0 Å². The highest BCUT2D eigenvalue weighted by Crippen LogP contribution is 2.24. The molecule has 0 unspecified atom stereocenters. The minimum absolute atomic E-state index is 0.108. The van der Waals surface area contributed by atoms with Gasteiger partial charge in [0, 0.05) is 6.20 Å². The van der Waals surface area contributed by atoms with Gasteiger partial charge in [0.15, 0.2) is 0 Å². The van der Waals surface area contributed by atoms with Crippen molar-refractivity contribution in [1.82, 2.24) is 15.2 Å². The van der Waals surface area contributed by atoms with Crippen LogP contribution >= 0.6 is 11.6 Å². The summed E-state index contributed by atoms with van der Waals surface area (Å²) in [6, 6.07) is 20.9. The number of benzene rings is 2. The first kappa shape index (κ1) is 19.0. The van der Waals surface area contributed by atoms with Crippen molar-refractivity contribution in [2.45, 2.75) is 10.8 Å². The molecule has 0 aliphatic heterocycles. The van der Waals surface area contributed by atoms with Gasteiger partial charge in [-0.25, -0.2) is 13.4 Å². The zero-order valence-electron chi connectivity index (χ0n) is 14.0. The summed E-state index contributed by atoms with van der Waals surface area (Å²) in [6.07, 6.45) is 1.11. The Morgan fingerprint density at radius 2 is 1.44 bits per heavy atom. The van der Waals surface area contributed by atoms with E-state index < -0.39 is 21.8 Å². The molecule has 8 heteroatoms. The number of carbonyl (C=O) groups is 1. The Kier molecular flexibility index (Phi) is 5.85. The number of hydrogen-bond donors (Lipinski definition) is 2. The van der Waals surface area contributed by atoms with Crippen LogP contribution in [0.5, 0.6) is 0 Å². The number of halogens is 1. The number of hydrogen-bond acceptors (Lipinski definition) is 4. The summed E-state index contributed by atoms with van der Waals surface area (Å²) < 4.78 is 24.7. The Bertz CT molecular complexity index is 972. The van der Waals surface area contributed by atoms with Gasteiger partial charge >= 0.3 is 0 Å². The van der Waals surface area contributed by atoms with Crippen molar-refractivity contribution in [3.63, 3.8) is 0 Å². The van der Waals surface area contributed by atoms with Crippen molar-refractivity contribution in [3.05, 3.63) is 95.3 Å². The van der Waals surface area contributed by atoms with Crippen LogP contribution in [0.2, 0.25) is 5.15 Å². The highest BCUT2D eigenvalue weighted by molar-refractivity contribution is 7.89. The van der Waals surface area contributed by atoms with Gasteiger partial charge in [0.1, 0.15) is 10.0 Å². The van der Waals surface area contributed by atoms with Crippen LogP contribution in [0.1, 0.15) is 17.0 Å². The van der Waals surface area contributed by atoms with Crippen LogP contribution in [0.3, 0.4) is 0 Å². The predicted octanol–water partition coefficient (Wildman–Crippen LogP) is 2.88. The van der Waals surface area contributed by atoms with Crippen LogP contribution in [0.25, 0.3) is 0 Å². The average molecular weight is 402 g/mol. The molecule has 1 heterocycles. The molecule has 1 aromatic heterocycles. The minimum Gasteiger partial charge on any atom is -0.277 e. The highest BCUT2D eigenvalue weighted by atomic mass is 35.5. The van der Waals surface area contributed by atoms with Crippen LogP contribution in [0.4, 0.5) is 0 Å². The molecule has 27 heavy (non-hydrogen) atoms. The van der Waals surface area contributed by atoms with Gasteiger partial charge in [0.2, 0.25) is 5.91 Å². The fraction of sp³-hybridized carbons (Fsp3) is 0.0526. The molecule has 2 aromatic carbocycles. The predicted molar refractivity (Wildman–Crippen MR) is 102 cm³/mol. The SMILES string of the molecule is O=C(NNS(=O)(=O)c1ccc(Cl)nc1)C(c1ccccc1)c1ccccc1. The van der Waals surface area contributed by atoms with Crippen molar-refractivity contribution in [1.29, 1.82) is 0 Å². The zero-order chi connectivity index (χ0) is 19.3. The standard InChI is InChI=1S/C19H16ClN3O3S/c20-17-12-11-16(13-21-17)27(25,26)23-22-19(24)18(14-7-3-1-4-8-14)15-9-5-2-6-10-15/h1-13,18,23H,(H,22,24). The van der Waals surface area contributed by atoms with Gasteiger partial charge in [-0.2, -0.15) is 0 Å². The van der Waals surface area contributed by atoms with Crippen molar-refractivity contribution >= 4 is 27.5 Å². The Hall–Kier alpha value is -2.74. The van der Waals surface area contributed by atoms with E-state index in [1.807, 2.05) is 60.7 Å². The minimum atomic E-state index is -3.97. The topological polar surface area (TPSA) is 88.2 Å². The van der Waals surface area contributed by atoms with Crippen LogP contribution in [0.15, 0.2) is 83.9 Å². The molecule has 0 aliphatic carbocycles. The highest BCUT2D eigenvalue weighted by Gasteiger charge is 2.24. The van der Waals surface area contributed by atoms with Gasteiger partial charge in [-0.1, -0.05) is 72.3 Å². The van der Waals surface area contributed by atoms with Crippen LogP contribution < -0.4 is 10.3 Å². The van der Waals surface area contributed by atoms with Gasteiger partial charge in [-0.3, -0.25) is 10.2 Å². The maximum absolute atomic E-state index is 12.8. The van der Waals surface area contributed by atoms with E-state index in [4.69, 9.17) is 11.6 Å². The number of pyridine rings is 1. The van der Waals surface area contributed by atoms with E-state index >= 15 is 0 Å². The number of nitrogens with zero attached hydrogens (tertiary/aromatic N) is 1. The summed E-state index contributed by atoms with van der Waals surface area (Å²) >= 11 is 5.67. The lowest BCUT2D eigenvalue weighted by Gasteiger charge is -2.18. The first-order chi connectivity index (χ1) is 13.0. The Morgan fingerprint density at radius 3 is 1.93 bits per heavy atom. The van der Waals surface area contributed by atoms with E-state index in [1.54, 1.807) is 0 Å². The molecule has 0 spiro atoms. The molecule has 0 fully saturated rings. The smallest absolute Gasteiger partial charge is 0.258 e. The molecule has 0 radical (unpaired) electrons. The number of hydrazine groups is 1. The fourth-order valence-electron chi connectivity index (χ4n) is 2.56. The summed E-state index contributed by atoms with van der Waals surface area (Å²) in [6.45, 7) is 0. The number of nitrogens with one attached hydrogen (secondary N) is 2. The Morgan fingerprint density at radius 1 is 0.889 bits per heavy atom. The summed E-state index contributed by atoms with van der Waals surface area (Å²) in [5.41, 5.74) is 3.78. The molecule has 3 aromatic rings. The first-order valence-electron chi connectivity index (χ1n) is 8.00. The van der Waals surface area contributed by atoms with E-state index in [-0.39, 0.29) is 10.0 Å². The molecular weight excluding hydrogens is 386 g/mol. The molecule has 0 saturated heterocycles. The maximum Gasteiger partial charge on any atom is 0.258 e. The number of aromatic nitrogens is 1. The number of amides is 1. The molecule has 0 aliphatic rings. The third-order valence-corrected chi connectivity index (χ3v) is 5.30. The summed E-state index contributed by atoms with van der Waals surface area (Å²) in [4.78, 5) is 18.5.